The van der Waals surface area contributed by atoms with Crippen molar-refractivity contribution in [3.63, 3.8) is 0 Å². The standard InChI is InChI=1S/C22H19ClN2O3S/c1-17-6-5-7-18(16-17)14-15-29(27,28)24-22(26)25(20-8-3-2-4-9-20)21-12-10-19(23)11-13-21/h2-16H,1H3,(H,24,26)/b15-14+. The number of aryl methyl sites for hydroxylation is 1. The van der Waals surface area contributed by atoms with Crippen molar-refractivity contribution in [2.24, 2.45) is 0 Å². The molecule has 0 unspecified atom stereocenters. The Labute approximate surface area is 175 Å². The summed E-state index contributed by atoms with van der Waals surface area (Å²) >= 11 is 5.93. The van der Waals surface area contributed by atoms with E-state index in [1.165, 1.54) is 11.0 Å². The van der Waals surface area contributed by atoms with Crippen LogP contribution in [0.3, 0.4) is 0 Å². The van der Waals surface area contributed by atoms with Crippen LogP contribution in [0.5, 0.6) is 0 Å². The van der Waals surface area contributed by atoms with E-state index < -0.39 is 16.1 Å². The van der Waals surface area contributed by atoms with E-state index in [1.54, 1.807) is 54.6 Å². The van der Waals surface area contributed by atoms with E-state index >= 15 is 0 Å². The Hall–Kier alpha value is -3.09. The Balaban J connectivity index is 1.87. The summed E-state index contributed by atoms with van der Waals surface area (Å²) in [5.41, 5.74) is 2.73. The highest BCUT2D eigenvalue weighted by Gasteiger charge is 2.21. The minimum Gasteiger partial charge on any atom is -0.262 e. The van der Waals surface area contributed by atoms with E-state index in [4.69, 9.17) is 11.6 Å². The van der Waals surface area contributed by atoms with Crippen molar-refractivity contribution in [2.45, 2.75) is 6.92 Å². The molecule has 3 aromatic carbocycles. The molecule has 0 aliphatic rings. The number of rotatable bonds is 5. The summed E-state index contributed by atoms with van der Waals surface area (Å²) in [6.45, 7) is 1.91. The highest BCUT2D eigenvalue weighted by atomic mass is 35.5. The first-order chi connectivity index (χ1) is 13.8. The number of nitrogens with zero attached hydrogens (tertiary/aromatic N) is 1. The molecule has 3 aromatic rings. The van der Waals surface area contributed by atoms with Crippen molar-refractivity contribution in [3.05, 3.63) is 100 Å². The Morgan fingerprint density at radius 1 is 0.931 bits per heavy atom. The first kappa shape index (κ1) is 20.6. The predicted octanol–water partition coefficient (Wildman–Crippen LogP) is 5.50. The number of carbonyl (C=O) groups is 1. The van der Waals surface area contributed by atoms with E-state index in [1.807, 2.05) is 31.2 Å². The molecule has 29 heavy (non-hydrogen) atoms. The third-order valence-electron chi connectivity index (χ3n) is 4.01. The van der Waals surface area contributed by atoms with Crippen molar-refractivity contribution in [1.82, 2.24) is 4.72 Å². The smallest absolute Gasteiger partial charge is 0.262 e. The zero-order chi connectivity index (χ0) is 20.9. The van der Waals surface area contributed by atoms with Gasteiger partial charge in [-0.25, -0.2) is 17.9 Å². The van der Waals surface area contributed by atoms with Gasteiger partial charge < -0.3 is 0 Å². The number of hydrogen-bond donors (Lipinski definition) is 1. The van der Waals surface area contributed by atoms with Gasteiger partial charge in [0, 0.05) is 5.02 Å². The number of nitrogens with one attached hydrogen (secondary N) is 1. The molecule has 0 atom stereocenters. The van der Waals surface area contributed by atoms with Crippen LogP contribution in [-0.4, -0.2) is 14.4 Å². The molecular formula is C22H19ClN2O3S. The molecule has 7 heteroatoms. The first-order valence-electron chi connectivity index (χ1n) is 8.76. The van der Waals surface area contributed by atoms with Gasteiger partial charge in [0.2, 0.25) is 0 Å². The number of halogens is 1. The van der Waals surface area contributed by atoms with E-state index in [-0.39, 0.29) is 0 Å². The second-order valence-corrected chi connectivity index (χ2v) is 8.32. The topological polar surface area (TPSA) is 66.5 Å². The molecule has 1 N–H and O–H groups in total. The average molecular weight is 427 g/mol. The zero-order valence-corrected chi connectivity index (χ0v) is 17.2. The lowest BCUT2D eigenvalue weighted by molar-refractivity contribution is 0.253. The lowest BCUT2D eigenvalue weighted by Gasteiger charge is -2.23. The molecule has 2 amide bonds. The van der Waals surface area contributed by atoms with Gasteiger partial charge in [0.15, 0.2) is 0 Å². The second-order valence-electron chi connectivity index (χ2n) is 6.32. The van der Waals surface area contributed by atoms with E-state index in [9.17, 15) is 13.2 Å². The molecule has 148 valence electrons. The number of para-hydroxylation sites is 1. The molecule has 0 bridgehead atoms. The number of benzene rings is 3. The quantitative estimate of drug-likeness (QED) is 0.586. The Morgan fingerprint density at radius 3 is 2.24 bits per heavy atom. The maximum Gasteiger partial charge on any atom is 0.340 e. The van der Waals surface area contributed by atoms with Crippen LogP contribution in [0.1, 0.15) is 11.1 Å². The third-order valence-corrected chi connectivity index (χ3v) is 5.22. The van der Waals surface area contributed by atoms with Gasteiger partial charge in [0.05, 0.1) is 16.8 Å². The lowest BCUT2D eigenvalue weighted by atomic mass is 10.1. The Morgan fingerprint density at radius 2 is 1.59 bits per heavy atom. The fraction of sp³-hybridized carbons (Fsp3) is 0.0455. The lowest BCUT2D eigenvalue weighted by Crippen LogP contribution is -2.39. The van der Waals surface area contributed by atoms with E-state index in [2.05, 4.69) is 4.72 Å². The molecule has 5 nitrogen and oxygen atoms in total. The van der Waals surface area contributed by atoms with Crippen LogP contribution >= 0.6 is 11.6 Å². The summed E-state index contributed by atoms with van der Waals surface area (Å²) < 4.78 is 27.0. The molecule has 0 spiro atoms. The van der Waals surface area contributed by atoms with Crippen LogP contribution in [0.15, 0.2) is 84.3 Å². The van der Waals surface area contributed by atoms with Crippen LogP contribution in [0.25, 0.3) is 6.08 Å². The molecule has 0 saturated heterocycles. The van der Waals surface area contributed by atoms with Crippen molar-refractivity contribution in [3.8, 4) is 0 Å². The number of carbonyl (C=O) groups excluding carboxylic acids is 1. The van der Waals surface area contributed by atoms with Gasteiger partial charge in [-0.3, -0.25) is 4.90 Å². The molecule has 0 aliphatic carbocycles. The summed E-state index contributed by atoms with van der Waals surface area (Å²) in [6, 6.07) is 21.9. The van der Waals surface area contributed by atoms with Crippen LogP contribution in [0.4, 0.5) is 16.2 Å². The van der Waals surface area contributed by atoms with Crippen LogP contribution in [0.2, 0.25) is 5.02 Å². The fourth-order valence-electron chi connectivity index (χ4n) is 2.69. The number of anilines is 2. The second kappa shape index (κ2) is 8.94. The van der Waals surface area contributed by atoms with Gasteiger partial charge in [-0.2, -0.15) is 0 Å². The minimum atomic E-state index is -4.01. The molecule has 3 rings (SSSR count). The molecule has 0 radical (unpaired) electrons. The summed E-state index contributed by atoms with van der Waals surface area (Å²) in [6.07, 6.45) is 1.44. The first-order valence-corrected chi connectivity index (χ1v) is 10.7. The largest absolute Gasteiger partial charge is 0.340 e. The van der Waals surface area contributed by atoms with Crippen molar-refractivity contribution >= 4 is 45.1 Å². The number of hydrogen-bond acceptors (Lipinski definition) is 3. The number of amides is 2. The number of urea groups is 1. The van der Waals surface area contributed by atoms with Gasteiger partial charge in [0.25, 0.3) is 10.0 Å². The van der Waals surface area contributed by atoms with E-state index in [0.29, 0.717) is 16.4 Å². The maximum atomic E-state index is 12.9. The van der Waals surface area contributed by atoms with E-state index in [0.717, 1.165) is 16.5 Å². The molecule has 0 fully saturated rings. The van der Waals surface area contributed by atoms with Crippen molar-refractivity contribution < 1.29 is 13.2 Å². The summed E-state index contributed by atoms with van der Waals surface area (Å²) in [5, 5.41) is 1.49. The molecule has 0 aliphatic heterocycles. The van der Waals surface area contributed by atoms with Gasteiger partial charge in [0.1, 0.15) is 0 Å². The van der Waals surface area contributed by atoms with Crippen LogP contribution < -0.4 is 9.62 Å². The van der Waals surface area contributed by atoms with Gasteiger partial charge in [-0.1, -0.05) is 59.6 Å². The predicted molar refractivity (Wildman–Crippen MR) is 118 cm³/mol. The zero-order valence-electron chi connectivity index (χ0n) is 15.6. The maximum absolute atomic E-state index is 12.9. The fourth-order valence-corrected chi connectivity index (χ4v) is 3.56. The third kappa shape index (κ3) is 5.70. The van der Waals surface area contributed by atoms with Gasteiger partial charge >= 0.3 is 6.03 Å². The number of sulfonamides is 1. The monoisotopic (exact) mass is 426 g/mol. The summed E-state index contributed by atoms with van der Waals surface area (Å²) in [5.74, 6) is 0. The molecule has 0 saturated carbocycles. The molecule has 0 heterocycles. The summed E-state index contributed by atoms with van der Waals surface area (Å²) in [7, 11) is -4.01. The summed E-state index contributed by atoms with van der Waals surface area (Å²) in [4.78, 5) is 14.2. The average Bonchev–Trinajstić information content (AvgIpc) is 2.69. The van der Waals surface area contributed by atoms with Crippen LogP contribution in [0, 0.1) is 6.92 Å². The Bertz CT molecular complexity index is 1130. The molecular weight excluding hydrogens is 408 g/mol. The van der Waals surface area contributed by atoms with Crippen LogP contribution in [-0.2, 0) is 10.0 Å². The normalized spacial score (nSPS) is 11.4. The molecule has 0 aromatic heterocycles. The SMILES string of the molecule is Cc1cccc(/C=C/S(=O)(=O)NC(=O)N(c2ccccc2)c2ccc(Cl)cc2)c1. The highest BCUT2D eigenvalue weighted by Crippen LogP contribution is 2.26. The Kier molecular flexibility index (Phi) is 6.36. The van der Waals surface area contributed by atoms with Crippen molar-refractivity contribution in [2.75, 3.05) is 4.90 Å². The minimum absolute atomic E-state index is 0.482. The highest BCUT2D eigenvalue weighted by molar-refractivity contribution is 7.93. The van der Waals surface area contributed by atoms with Crippen molar-refractivity contribution in [1.29, 1.82) is 0 Å². The van der Waals surface area contributed by atoms with Gasteiger partial charge in [-0.15, -0.1) is 0 Å². The van der Waals surface area contributed by atoms with Gasteiger partial charge in [-0.05, 0) is 55.0 Å².